The van der Waals surface area contributed by atoms with Crippen molar-refractivity contribution < 1.29 is 19.1 Å². The maximum absolute atomic E-state index is 11.8. The summed E-state index contributed by atoms with van der Waals surface area (Å²) in [6.07, 6.45) is 0.701. The van der Waals surface area contributed by atoms with Crippen LogP contribution in [0.2, 0.25) is 0 Å². The molecule has 1 aliphatic rings. The number of rotatable bonds is 5. The summed E-state index contributed by atoms with van der Waals surface area (Å²) in [7, 11) is 1.54. The number of ether oxygens (including phenoxy) is 1. The minimum atomic E-state index is -0.605. The molecule has 120 valence electrons. The zero-order chi connectivity index (χ0) is 16.0. The minimum absolute atomic E-state index is 0.0251. The van der Waals surface area contributed by atoms with Crippen LogP contribution < -0.4 is 16.0 Å². The average molecular weight is 299 g/mol. The second kappa shape index (κ2) is 7.28. The number of hydrogen-bond donors (Lipinski definition) is 3. The molecule has 1 heterocycles. The molecule has 21 heavy (non-hydrogen) atoms. The van der Waals surface area contributed by atoms with Crippen molar-refractivity contribution in [1.82, 2.24) is 16.0 Å². The molecule has 1 unspecified atom stereocenters. The van der Waals surface area contributed by atoms with E-state index in [1.54, 1.807) is 20.8 Å². The van der Waals surface area contributed by atoms with Gasteiger partial charge in [0.1, 0.15) is 5.60 Å². The lowest BCUT2D eigenvalue weighted by Gasteiger charge is -2.24. The molecule has 7 nitrogen and oxygen atoms in total. The highest BCUT2D eigenvalue weighted by atomic mass is 16.6. The Morgan fingerprint density at radius 3 is 2.57 bits per heavy atom. The molecule has 3 N–H and O–H groups in total. The van der Waals surface area contributed by atoms with Crippen molar-refractivity contribution in [3.63, 3.8) is 0 Å². The summed E-state index contributed by atoms with van der Waals surface area (Å²) >= 11 is 0. The van der Waals surface area contributed by atoms with Crippen molar-refractivity contribution in [3.05, 3.63) is 0 Å². The molecule has 0 aromatic carbocycles. The Morgan fingerprint density at radius 2 is 2.10 bits per heavy atom. The van der Waals surface area contributed by atoms with Gasteiger partial charge in [-0.1, -0.05) is 0 Å². The number of nitrogens with one attached hydrogen (secondary N) is 3. The van der Waals surface area contributed by atoms with E-state index in [0.29, 0.717) is 13.0 Å². The van der Waals surface area contributed by atoms with Gasteiger partial charge in [-0.2, -0.15) is 0 Å². The molecule has 0 spiro atoms. The van der Waals surface area contributed by atoms with Crippen molar-refractivity contribution in [1.29, 1.82) is 0 Å². The Labute approximate surface area is 125 Å². The fourth-order valence-electron chi connectivity index (χ4n) is 2.21. The third-order valence-corrected chi connectivity index (χ3v) is 3.16. The smallest absolute Gasteiger partial charge is 0.407 e. The van der Waals surface area contributed by atoms with E-state index in [1.165, 1.54) is 7.05 Å². The van der Waals surface area contributed by atoms with Gasteiger partial charge >= 0.3 is 6.09 Å². The van der Waals surface area contributed by atoms with Crippen molar-refractivity contribution in [2.45, 2.75) is 51.7 Å². The van der Waals surface area contributed by atoms with E-state index in [-0.39, 0.29) is 24.2 Å². The topological polar surface area (TPSA) is 96.5 Å². The quantitative estimate of drug-likeness (QED) is 0.690. The van der Waals surface area contributed by atoms with E-state index < -0.39 is 17.7 Å². The first-order chi connectivity index (χ1) is 9.71. The molecule has 1 rings (SSSR count). The SMILES string of the molecule is CNC(=O)CC(C[C@@H]1CCNC1=O)NC(=O)OC(C)(C)C. The van der Waals surface area contributed by atoms with Gasteiger partial charge in [0.25, 0.3) is 0 Å². The molecule has 1 fully saturated rings. The molecule has 7 heteroatoms. The van der Waals surface area contributed by atoms with Gasteiger partial charge in [0.2, 0.25) is 11.8 Å². The van der Waals surface area contributed by atoms with Crippen molar-refractivity contribution >= 4 is 17.9 Å². The maximum atomic E-state index is 11.8. The van der Waals surface area contributed by atoms with Crippen LogP contribution in [0.4, 0.5) is 4.79 Å². The Bertz CT molecular complexity index is 404. The zero-order valence-electron chi connectivity index (χ0n) is 13.1. The Morgan fingerprint density at radius 1 is 1.43 bits per heavy atom. The van der Waals surface area contributed by atoms with E-state index in [4.69, 9.17) is 4.74 Å². The van der Waals surface area contributed by atoms with Crippen LogP contribution in [-0.2, 0) is 14.3 Å². The highest BCUT2D eigenvalue weighted by Gasteiger charge is 2.29. The Balaban J connectivity index is 2.61. The van der Waals surface area contributed by atoms with Gasteiger partial charge in [0.05, 0.1) is 0 Å². The molecule has 2 atom stereocenters. The molecular weight excluding hydrogens is 274 g/mol. The summed E-state index contributed by atoms with van der Waals surface area (Å²) in [5.74, 6) is -0.382. The van der Waals surface area contributed by atoms with Crippen LogP contribution in [-0.4, -0.2) is 43.1 Å². The van der Waals surface area contributed by atoms with Crippen LogP contribution >= 0.6 is 0 Å². The van der Waals surface area contributed by atoms with Crippen LogP contribution in [0.5, 0.6) is 0 Å². The first-order valence-corrected chi connectivity index (χ1v) is 7.19. The molecule has 1 saturated heterocycles. The standard InChI is InChI=1S/C14H25N3O4/c1-14(2,3)21-13(20)17-10(8-11(18)15-4)7-9-5-6-16-12(9)19/h9-10H,5-8H2,1-4H3,(H,15,18)(H,16,19)(H,17,20)/t9-,10?/m0/s1. The average Bonchev–Trinajstić information content (AvgIpc) is 2.72. The van der Waals surface area contributed by atoms with Gasteiger partial charge < -0.3 is 20.7 Å². The summed E-state index contributed by atoms with van der Waals surface area (Å²) in [6, 6.07) is -0.423. The lowest BCUT2D eigenvalue weighted by atomic mass is 9.96. The summed E-state index contributed by atoms with van der Waals surface area (Å²) in [5.41, 5.74) is -0.605. The molecule has 0 radical (unpaired) electrons. The highest BCUT2D eigenvalue weighted by Crippen LogP contribution is 2.18. The molecule has 0 aromatic rings. The molecule has 0 saturated carbocycles. The molecule has 0 bridgehead atoms. The van der Waals surface area contributed by atoms with E-state index in [2.05, 4.69) is 16.0 Å². The van der Waals surface area contributed by atoms with Crippen molar-refractivity contribution in [2.24, 2.45) is 5.92 Å². The second-order valence-electron chi connectivity index (χ2n) is 6.23. The first kappa shape index (κ1) is 17.3. The van der Waals surface area contributed by atoms with E-state index >= 15 is 0 Å². The predicted octanol–water partition coefficient (Wildman–Crippen LogP) is 0.542. The lowest BCUT2D eigenvalue weighted by Crippen LogP contribution is -2.43. The third kappa shape index (κ3) is 6.46. The van der Waals surface area contributed by atoms with Gasteiger partial charge in [0, 0.05) is 32.0 Å². The molecule has 3 amide bonds. The summed E-state index contributed by atoms with van der Waals surface area (Å²) in [4.78, 5) is 35.0. The molecule has 1 aliphatic heterocycles. The number of carbonyl (C=O) groups excluding carboxylic acids is 3. The van der Waals surface area contributed by atoms with E-state index in [9.17, 15) is 14.4 Å². The van der Waals surface area contributed by atoms with Gasteiger partial charge in [0.15, 0.2) is 0 Å². The second-order valence-corrected chi connectivity index (χ2v) is 6.23. The summed E-state index contributed by atoms with van der Waals surface area (Å²) < 4.78 is 5.19. The summed E-state index contributed by atoms with van der Waals surface area (Å²) in [5, 5.41) is 7.96. The first-order valence-electron chi connectivity index (χ1n) is 7.19. The number of hydrogen-bond acceptors (Lipinski definition) is 4. The predicted molar refractivity (Wildman–Crippen MR) is 77.6 cm³/mol. The third-order valence-electron chi connectivity index (χ3n) is 3.16. The monoisotopic (exact) mass is 299 g/mol. The molecular formula is C14H25N3O4. The fourth-order valence-corrected chi connectivity index (χ4v) is 2.21. The fraction of sp³-hybridized carbons (Fsp3) is 0.786. The van der Waals surface area contributed by atoms with E-state index in [1.807, 2.05) is 0 Å². The summed E-state index contributed by atoms with van der Waals surface area (Å²) in [6.45, 7) is 5.95. The van der Waals surface area contributed by atoms with Crippen LogP contribution in [0.25, 0.3) is 0 Å². The van der Waals surface area contributed by atoms with Gasteiger partial charge in [-0.05, 0) is 33.6 Å². The van der Waals surface area contributed by atoms with Gasteiger partial charge in [-0.3, -0.25) is 9.59 Å². The highest BCUT2D eigenvalue weighted by molar-refractivity contribution is 5.81. The maximum Gasteiger partial charge on any atom is 0.407 e. The van der Waals surface area contributed by atoms with Crippen LogP contribution in [0.15, 0.2) is 0 Å². The van der Waals surface area contributed by atoms with Crippen LogP contribution in [0.3, 0.4) is 0 Å². The van der Waals surface area contributed by atoms with Crippen molar-refractivity contribution in [2.75, 3.05) is 13.6 Å². The van der Waals surface area contributed by atoms with Gasteiger partial charge in [-0.15, -0.1) is 0 Å². The van der Waals surface area contributed by atoms with E-state index in [0.717, 1.165) is 6.42 Å². The number of amides is 3. The Kier molecular flexibility index (Phi) is 5.99. The van der Waals surface area contributed by atoms with Crippen LogP contribution in [0, 0.1) is 5.92 Å². The Hall–Kier alpha value is -1.79. The zero-order valence-corrected chi connectivity index (χ0v) is 13.1. The normalized spacial score (nSPS) is 19.6. The van der Waals surface area contributed by atoms with Crippen LogP contribution in [0.1, 0.15) is 40.0 Å². The molecule has 0 aromatic heterocycles. The largest absolute Gasteiger partial charge is 0.444 e. The number of carbonyl (C=O) groups is 3. The lowest BCUT2D eigenvalue weighted by molar-refractivity contribution is -0.124. The molecule has 0 aliphatic carbocycles. The number of alkyl carbamates (subject to hydrolysis) is 1. The van der Waals surface area contributed by atoms with Crippen molar-refractivity contribution in [3.8, 4) is 0 Å². The van der Waals surface area contributed by atoms with Gasteiger partial charge in [-0.25, -0.2) is 4.79 Å². The minimum Gasteiger partial charge on any atom is -0.444 e.